The number of nitrogens with zero attached hydrogens (tertiary/aromatic N) is 3. The molecule has 0 spiro atoms. The second kappa shape index (κ2) is 4.86. The second-order valence-electron chi connectivity index (χ2n) is 3.95. The molecule has 5 heteroatoms. The van der Waals surface area contributed by atoms with Gasteiger partial charge in [0.05, 0.1) is 12.2 Å². The van der Waals surface area contributed by atoms with Crippen molar-refractivity contribution in [3.8, 4) is 5.75 Å². The smallest absolute Gasteiger partial charge is 0.168 e. The Balaban J connectivity index is 1.90. The van der Waals surface area contributed by atoms with E-state index in [2.05, 4.69) is 10.3 Å². The predicted molar refractivity (Wildman–Crippen MR) is 65.8 cm³/mol. The molecule has 1 aromatic carbocycles. The Labute approximate surface area is 100 Å². The monoisotopic (exact) mass is 232 g/mol. The molecule has 0 aliphatic carbocycles. The average molecular weight is 232 g/mol. The molecule has 17 heavy (non-hydrogen) atoms. The van der Waals surface area contributed by atoms with Crippen LogP contribution in [0.2, 0.25) is 0 Å². The summed E-state index contributed by atoms with van der Waals surface area (Å²) in [6.45, 7) is 5.12. The molecule has 2 N–H and O–H groups in total. The minimum Gasteiger partial charge on any atom is -0.492 e. The Morgan fingerprint density at radius 2 is 2.18 bits per heavy atom. The summed E-state index contributed by atoms with van der Waals surface area (Å²) >= 11 is 0. The molecule has 1 aromatic heterocycles. The molecule has 0 aliphatic heterocycles. The van der Waals surface area contributed by atoms with E-state index in [-0.39, 0.29) is 0 Å². The van der Waals surface area contributed by atoms with Crippen LogP contribution in [-0.4, -0.2) is 21.6 Å². The lowest BCUT2D eigenvalue weighted by Crippen LogP contribution is -2.11. The van der Waals surface area contributed by atoms with Gasteiger partial charge < -0.3 is 10.5 Å². The van der Waals surface area contributed by atoms with Crippen LogP contribution in [0.3, 0.4) is 0 Å². The lowest BCUT2D eigenvalue weighted by atomic mass is 10.2. The molecule has 2 rings (SSSR count). The standard InChI is InChI=1S/C12H16N4O/c1-9-4-3-5-11(8-9)17-7-6-16-10(2)12(13)14-15-16/h3-5,8H,6-7,13H2,1-2H3. The van der Waals surface area contributed by atoms with E-state index in [4.69, 9.17) is 10.5 Å². The largest absolute Gasteiger partial charge is 0.492 e. The zero-order valence-corrected chi connectivity index (χ0v) is 10.1. The highest BCUT2D eigenvalue weighted by atomic mass is 16.5. The van der Waals surface area contributed by atoms with Gasteiger partial charge in [-0.05, 0) is 31.5 Å². The number of hydrogen-bond acceptors (Lipinski definition) is 4. The minimum absolute atomic E-state index is 0.473. The summed E-state index contributed by atoms with van der Waals surface area (Å²) in [4.78, 5) is 0. The first-order valence-electron chi connectivity index (χ1n) is 5.52. The number of anilines is 1. The van der Waals surface area contributed by atoms with E-state index in [9.17, 15) is 0 Å². The van der Waals surface area contributed by atoms with Crippen molar-refractivity contribution in [2.45, 2.75) is 20.4 Å². The van der Waals surface area contributed by atoms with E-state index >= 15 is 0 Å². The summed E-state index contributed by atoms with van der Waals surface area (Å²) in [5.41, 5.74) is 7.67. The van der Waals surface area contributed by atoms with Gasteiger partial charge in [-0.1, -0.05) is 17.3 Å². The summed E-state index contributed by atoms with van der Waals surface area (Å²) in [6, 6.07) is 7.95. The van der Waals surface area contributed by atoms with Gasteiger partial charge in [-0.2, -0.15) is 0 Å². The molecule has 0 atom stereocenters. The van der Waals surface area contributed by atoms with Crippen molar-refractivity contribution < 1.29 is 4.74 Å². The molecular formula is C12H16N4O. The van der Waals surface area contributed by atoms with Crippen molar-refractivity contribution in [2.75, 3.05) is 12.3 Å². The molecule has 1 heterocycles. The number of hydrogen-bond donors (Lipinski definition) is 1. The van der Waals surface area contributed by atoms with E-state index in [1.807, 2.05) is 38.1 Å². The van der Waals surface area contributed by atoms with Gasteiger partial charge in [0.2, 0.25) is 0 Å². The van der Waals surface area contributed by atoms with Crippen LogP contribution >= 0.6 is 0 Å². The molecular weight excluding hydrogens is 216 g/mol. The Morgan fingerprint density at radius 3 is 2.82 bits per heavy atom. The molecule has 0 unspecified atom stereocenters. The number of ether oxygens (including phenoxy) is 1. The normalized spacial score (nSPS) is 10.5. The molecule has 0 fully saturated rings. The van der Waals surface area contributed by atoms with Crippen molar-refractivity contribution >= 4 is 5.82 Å². The predicted octanol–water partition coefficient (Wildman–Crippen LogP) is 1.56. The summed E-state index contributed by atoms with van der Waals surface area (Å²) in [6.07, 6.45) is 0. The van der Waals surface area contributed by atoms with Crippen LogP contribution in [-0.2, 0) is 6.54 Å². The maximum absolute atomic E-state index is 5.63. The molecule has 90 valence electrons. The van der Waals surface area contributed by atoms with Crippen LogP contribution in [0.1, 0.15) is 11.3 Å². The molecule has 5 nitrogen and oxygen atoms in total. The quantitative estimate of drug-likeness (QED) is 0.868. The molecule has 2 aromatic rings. The van der Waals surface area contributed by atoms with Crippen molar-refractivity contribution in [3.05, 3.63) is 35.5 Å². The highest BCUT2D eigenvalue weighted by molar-refractivity contribution is 5.31. The zero-order valence-electron chi connectivity index (χ0n) is 10.1. The first-order chi connectivity index (χ1) is 8.16. The van der Waals surface area contributed by atoms with Crippen molar-refractivity contribution in [1.29, 1.82) is 0 Å². The molecule has 0 saturated heterocycles. The number of rotatable bonds is 4. The van der Waals surface area contributed by atoms with E-state index in [1.54, 1.807) is 4.68 Å². The third-order valence-electron chi connectivity index (χ3n) is 2.58. The SMILES string of the molecule is Cc1cccc(OCCn2nnc(N)c2C)c1. The number of nitrogens with two attached hydrogens (primary N) is 1. The number of nitrogen functional groups attached to an aromatic ring is 1. The van der Waals surface area contributed by atoms with Crippen molar-refractivity contribution in [1.82, 2.24) is 15.0 Å². The lowest BCUT2D eigenvalue weighted by molar-refractivity contribution is 0.288. The van der Waals surface area contributed by atoms with E-state index in [0.717, 1.165) is 11.4 Å². The van der Waals surface area contributed by atoms with Crippen molar-refractivity contribution in [3.63, 3.8) is 0 Å². The maximum atomic E-state index is 5.63. The first kappa shape index (κ1) is 11.4. The van der Waals surface area contributed by atoms with Crippen LogP contribution in [0.15, 0.2) is 24.3 Å². The summed E-state index contributed by atoms with van der Waals surface area (Å²) in [5.74, 6) is 1.34. The van der Waals surface area contributed by atoms with Gasteiger partial charge in [0, 0.05) is 0 Å². The summed E-state index contributed by atoms with van der Waals surface area (Å²) in [7, 11) is 0. The number of aromatic nitrogens is 3. The molecule has 0 aliphatic rings. The van der Waals surface area contributed by atoms with Crippen molar-refractivity contribution in [2.24, 2.45) is 0 Å². The Kier molecular flexibility index (Phi) is 3.27. The lowest BCUT2D eigenvalue weighted by Gasteiger charge is -2.07. The van der Waals surface area contributed by atoms with E-state index in [1.165, 1.54) is 5.56 Å². The highest BCUT2D eigenvalue weighted by Crippen LogP contribution is 2.12. The highest BCUT2D eigenvalue weighted by Gasteiger charge is 2.04. The number of benzene rings is 1. The van der Waals surface area contributed by atoms with Gasteiger partial charge >= 0.3 is 0 Å². The van der Waals surface area contributed by atoms with E-state index in [0.29, 0.717) is 19.0 Å². The van der Waals surface area contributed by atoms with Gasteiger partial charge in [-0.25, -0.2) is 4.68 Å². The average Bonchev–Trinajstić information content (AvgIpc) is 2.61. The topological polar surface area (TPSA) is 66.0 Å². The Bertz CT molecular complexity index is 507. The Hall–Kier alpha value is -2.04. The number of aryl methyl sites for hydroxylation is 1. The fraction of sp³-hybridized carbons (Fsp3) is 0.333. The van der Waals surface area contributed by atoms with Gasteiger partial charge in [0.15, 0.2) is 5.82 Å². The Morgan fingerprint density at radius 1 is 1.35 bits per heavy atom. The van der Waals surface area contributed by atoms with Gasteiger partial charge in [0.1, 0.15) is 12.4 Å². The minimum atomic E-state index is 0.473. The second-order valence-corrected chi connectivity index (χ2v) is 3.95. The molecule has 0 radical (unpaired) electrons. The zero-order chi connectivity index (χ0) is 12.3. The molecule has 0 saturated carbocycles. The van der Waals surface area contributed by atoms with Crippen LogP contribution < -0.4 is 10.5 Å². The summed E-state index contributed by atoms with van der Waals surface area (Å²) < 4.78 is 7.37. The third kappa shape index (κ3) is 2.75. The van der Waals surface area contributed by atoms with Crippen LogP contribution in [0.25, 0.3) is 0 Å². The van der Waals surface area contributed by atoms with E-state index < -0.39 is 0 Å². The molecule has 0 amide bonds. The van der Waals surface area contributed by atoms with Crippen LogP contribution in [0.4, 0.5) is 5.82 Å². The van der Waals surface area contributed by atoms with Gasteiger partial charge in [-0.3, -0.25) is 0 Å². The van der Waals surface area contributed by atoms with Crippen LogP contribution in [0.5, 0.6) is 5.75 Å². The summed E-state index contributed by atoms with van der Waals surface area (Å²) in [5, 5.41) is 7.72. The van der Waals surface area contributed by atoms with Crippen LogP contribution in [0, 0.1) is 13.8 Å². The van der Waals surface area contributed by atoms with Gasteiger partial charge in [0.25, 0.3) is 0 Å². The maximum Gasteiger partial charge on any atom is 0.168 e. The fourth-order valence-corrected chi connectivity index (χ4v) is 1.54. The van der Waals surface area contributed by atoms with Gasteiger partial charge in [-0.15, -0.1) is 5.10 Å². The molecule has 0 bridgehead atoms. The third-order valence-corrected chi connectivity index (χ3v) is 2.58. The fourth-order valence-electron chi connectivity index (χ4n) is 1.54. The first-order valence-corrected chi connectivity index (χ1v) is 5.52.